The molecule has 0 saturated heterocycles. The Hall–Kier alpha value is -2.63. The molecule has 0 radical (unpaired) electrons. The van der Waals surface area contributed by atoms with Gasteiger partial charge in [0.15, 0.2) is 0 Å². The van der Waals surface area contributed by atoms with Crippen LogP contribution in [0.2, 0.25) is 0 Å². The summed E-state index contributed by atoms with van der Waals surface area (Å²) < 4.78 is 25.8. The molecule has 24 heavy (non-hydrogen) atoms. The number of ketones is 1. The van der Waals surface area contributed by atoms with E-state index < -0.39 is 11.8 Å². The van der Waals surface area contributed by atoms with Crippen LogP contribution < -0.4 is 0 Å². The van der Waals surface area contributed by atoms with Crippen LogP contribution in [0.4, 0.5) is 8.78 Å². The summed E-state index contributed by atoms with van der Waals surface area (Å²) in [4.78, 5) is 16.4. The van der Waals surface area contributed by atoms with Crippen molar-refractivity contribution >= 4 is 16.6 Å². The van der Waals surface area contributed by atoms with E-state index in [1.54, 1.807) is 12.4 Å². The molecule has 0 bridgehead atoms. The van der Waals surface area contributed by atoms with Crippen LogP contribution in [-0.2, 0) is 11.2 Å². The maximum Gasteiger partial charge on any atom is 0.249 e. The lowest BCUT2D eigenvalue weighted by molar-refractivity contribution is -0.147. The number of H-pyrrole nitrogens is 1. The predicted molar refractivity (Wildman–Crippen MR) is 85.7 cm³/mol. The Morgan fingerprint density at radius 1 is 1.17 bits per heavy atom. The molecule has 0 spiro atoms. The van der Waals surface area contributed by atoms with Crippen molar-refractivity contribution in [3.63, 3.8) is 0 Å². The van der Waals surface area contributed by atoms with Gasteiger partial charge in [-0.15, -0.1) is 0 Å². The Balaban J connectivity index is 1.57. The summed E-state index contributed by atoms with van der Waals surface area (Å²) in [6, 6.07) is 7.81. The van der Waals surface area contributed by atoms with Crippen molar-refractivity contribution in [2.24, 2.45) is 5.92 Å². The van der Waals surface area contributed by atoms with E-state index in [1.807, 2.05) is 30.5 Å². The second-order valence-electron chi connectivity index (χ2n) is 6.33. The number of carbonyl (C=O) groups excluding carboxylic acids is 1. The summed E-state index contributed by atoms with van der Waals surface area (Å²) in [7, 11) is 0. The minimum Gasteiger partial charge on any atom is -0.299 e. The van der Waals surface area contributed by atoms with Crippen LogP contribution in [0, 0.1) is 5.92 Å². The highest BCUT2D eigenvalue weighted by Gasteiger charge is 2.48. The molecule has 0 atom stereocenters. The zero-order valence-corrected chi connectivity index (χ0v) is 12.8. The number of benzene rings is 1. The summed E-state index contributed by atoms with van der Waals surface area (Å²) >= 11 is 0. The number of nitrogens with zero attached hydrogens (tertiary/aromatic N) is 2. The molecule has 6 heteroatoms. The number of hydrogen-bond donors (Lipinski definition) is 1. The Morgan fingerprint density at radius 3 is 2.71 bits per heavy atom. The van der Waals surface area contributed by atoms with Crippen molar-refractivity contribution in [3.05, 3.63) is 48.5 Å². The van der Waals surface area contributed by atoms with Gasteiger partial charge in [0, 0.05) is 54.2 Å². The molecule has 1 aliphatic carbocycles. The quantitative estimate of drug-likeness (QED) is 0.793. The van der Waals surface area contributed by atoms with Gasteiger partial charge >= 0.3 is 0 Å². The first kappa shape index (κ1) is 14.9. The number of alkyl halides is 2. The number of pyridine rings is 1. The number of Topliss-reactive ketones (excluding diaryl/α,β-unsaturated/α-hetero) is 1. The van der Waals surface area contributed by atoms with Crippen LogP contribution in [0.5, 0.6) is 0 Å². The Morgan fingerprint density at radius 2 is 2.00 bits per heavy atom. The summed E-state index contributed by atoms with van der Waals surface area (Å²) in [6.45, 7) is 0. The van der Waals surface area contributed by atoms with Gasteiger partial charge in [0.25, 0.3) is 0 Å². The van der Waals surface area contributed by atoms with Crippen molar-refractivity contribution in [3.8, 4) is 11.1 Å². The number of nitrogens with one attached hydrogen (secondary N) is 1. The highest BCUT2D eigenvalue weighted by Crippen LogP contribution is 2.43. The average molecular weight is 327 g/mol. The summed E-state index contributed by atoms with van der Waals surface area (Å²) in [6.07, 6.45) is 4.71. The molecule has 2 aromatic heterocycles. The van der Waals surface area contributed by atoms with E-state index >= 15 is 0 Å². The molecule has 3 aromatic rings. The molecule has 0 aliphatic heterocycles. The molecular weight excluding hydrogens is 312 g/mol. The lowest BCUT2D eigenvalue weighted by Crippen LogP contribution is -2.40. The van der Waals surface area contributed by atoms with Crippen LogP contribution >= 0.6 is 0 Å². The minimum atomic E-state index is -2.67. The standard InChI is InChI=1S/C18H15F2N3O/c19-18(20)6-14(7-18)17(24)5-16-4-13-3-11(15-9-22-23-10-15)1-2-12(13)8-21-16/h1-4,8-10,14H,5-7H2,(H,22,23). The monoisotopic (exact) mass is 327 g/mol. The van der Waals surface area contributed by atoms with Crippen LogP contribution in [0.25, 0.3) is 21.9 Å². The molecule has 2 heterocycles. The fourth-order valence-electron chi connectivity index (χ4n) is 3.08. The Bertz CT molecular complexity index is 898. The first-order chi connectivity index (χ1) is 11.5. The number of aromatic amines is 1. The van der Waals surface area contributed by atoms with Crippen molar-refractivity contribution in [2.75, 3.05) is 0 Å². The van der Waals surface area contributed by atoms with E-state index in [9.17, 15) is 13.6 Å². The molecule has 1 aliphatic rings. The number of aromatic nitrogens is 3. The first-order valence-corrected chi connectivity index (χ1v) is 7.79. The van der Waals surface area contributed by atoms with Gasteiger partial charge in [0.05, 0.1) is 6.20 Å². The van der Waals surface area contributed by atoms with Gasteiger partial charge in [-0.3, -0.25) is 14.9 Å². The van der Waals surface area contributed by atoms with Gasteiger partial charge in [-0.1, -0.05) is 12.1 Å². The van der Waals surface area contributed by atoms with Gasteiger partial charge in [0.2, 0.25) is 5.92 Å². The Kier molecular flexibility index (Phi) is 3.40. The number of rotatable bonds is 4. The van der Waals surface area contributed by atoms with E-state index in [4.69, 9.17) is 0 Å². The van der Waals surface area contributed by atoms with Gasteiger partial charge in [0.1, 0.15) is 5.78 Å². The molecule has 1 saturated carbocycles. The molecule has 0 amide bonds. The van der Waals surface area contributed by atoms with Crippen molar-refractivity contribution < 1.29 is 13.6 Å². The largest absolute Gasteiger partial charge is 0.299 e. The third-order valence-corrected chi connectivity index (χ3v) is 4.51. The topological polar surface area (TPSA) is 58.6 Å². The third kappa shape index (κ3) is 2.79. The molecule has 1 aromatic carbocycles. The number of fused-ring (bicyclic) bond motifs is 1. The smallest absolute Gasteiger partial charge is 0.249 e. The lowest BCUT2D eigenvalue weighted by atomic mass is 9.77. The van der Waals surface area contributed by atoms with Crippen molar-refractivity contribution in [2.45, 2.75) is 25.2 Å². The second-order valence-corrected chi connectivity index (χ2v) is 6.33. The van der Waals surface area contributed by atoms with E-state index in [1.165, 1.54) is 0 Å². The normalized spacial score (nSPS) is 16.9. The van der Waals surface area contributed by atoms with Crippen LogP contribution in [0.3, 0.4) is 0 Å². The SMILES string of the molecule is O=C(Cc1cc2cc(-c3cn[nH]c3)ccc2cn1)C1CC(F)(F)C1. The zero-order valence-electron chi connectivity index (χ0n) is 12.8. The van der Waals surface area contributed by atoms with Crippen LogP contribution in [-0.4, -0.2) is 26.9 Å². The van der Waals surface area contributed by atoms with E-state index in [2.05, 4.69) is 15.2 Å². The highest BCUT2D eigenvalue weighted by atomic mass is 19.3. The van der Waals surface area contributed by atoms with E-state index in [-0.39, 0.29) is 25.0 Å². The summed E-state index contributed by atoms with van der Waals surface area (Å²) in [5.41, 5.74) is 2.61. The number of carbonyl (C=O) groups is 1. The maximum absolute atomic E-state index is 12.9. The van der Waals surface area contributed by atoms with Gasteiger partial charge in [-0.2, -0.15) is 5.10 Å². The molecule has 1 N–H and O–H groups in total. The minimum absolute atomic E-state index is 0.104. The highest BCUT2D eigenvalue weighted by molar-refractivity contribution is 5.89. The molecule has 122 valence electrons. The fraction of sp³-hybridized carbons (Fsp3) is 0.278. The number of halogens is 2. The lowest BCUT2D eigenvalue weighted by Gasteiger charge is -2.33. The third-order valence-electron chi connectivity index (χ3n) is 4.51. The van der Waals surface area contributed by atoms with Crippen molar-refractivity contribution in [1.29, 1.82) is 0 Å². The maximum atomic E-state index is 12.9. The van der Waals surface area contributed by atoms with E-state index in [0.717, 1.165) is 21.9 Å². The van der Waals surface area contributed by atoms with Gasteiger partial charge in [-0.05, 0) is 23.1 Å². The molecule has 4 rings (SSSR count). The molecule has 0 unspecified atom stereocenters. The van der Waals surface area contributed by atoms with E-state index in [0.29, 0.717) is 5.69 Å². The van der Waals surface area contributed by atoms with Crippen molar-refractivity contribution in [1.82, 2.24) is 15.2 Å². The molecule has 1 fully saturated rings. The first-order valence-electron chi connectivity index (χ1n) is 7.79. The second kappa shape index (κ2) is 5.47. The fourth-order valence-corrected chi connectivity index (χ4v) is 3.08. The molecular formula is C18H15F2N3O. The number of hydrogen-bond acceptors (Lipinski definition) is 3. The van der Waals surface area contributed by atoms with Crippen LogP contribution in [0.1, 0.15) is 18.5 Å². The molecule has 4 nitrogen and oxygen atoms in total. The summed E-state index contributed by atoms with van der Waals surface area (Å²) in [5, 5.41) is 8.65. The zero-order chi connectivity index (χ0) is 16.7. The summed E-state index contributed by atoms with van der Waals surface area (Å²) in [5.74, 6) is -3.36. The average Bonchev–Trinajstić information content (AvgIpc) is 3.06. The predicted octanol–water partition coefficient (Wildman–Crippen LogP) is 3.78. The Labute approximate surface area is 136 Å². The van der Waals surface area contributed by atoms with Gasteiger partial charge in [-0.25, -0.2) is 8.78 Å². The van der Waals surface area contributed by atoms with Crippen LogP contribution in [0.15, 0.2) is 42.9 Å². The van der Waals surface area contributed by atoms with Gasteiger partial charge < -0.3 is 0 Å².